The van der Waals surface area contributed by atoms with Crippen LogP contribution in [0.15, 0.2) is 122 Å². The first-order valence-corrected chi connectivity index (χ1v) is 17.9. The molecule has 0 saturated carbocycles. The third-order valence-corrected chi connectivity index (χ3v) is 8.93. The Hall–Kier alpha value is -6.34. The highest BCUT2D eigenvalue weighted by atomic mass is 16.5. The average molecular weight is 737 g/mol. The van der Waals surface area contributed by atoms with E-state index >= 15 is 0 Å². The lowest BCUT2D eigenvalue weighted by molar-refractivity contribution is -0.132. The second kappa shape index (κ2) is 17.2. The summed E-state index contributed by atoms with van der Waals surface area (Å²) >= 11 is 0. The van der Waals surface area contributed by atoms with Crippen molar-refractivity contribution in [3.63, 3.8) is 0 Å². The fraction of sp³-hybridized carbons (Fsp3) is 0.209. The Morgan fingerprint density at radius 2 is 0.909 bits per heavy atom. The number of hydrogen-bond donors (Lipinski definition) is 1. The minimum absolute atomic E-state index is 0.265. The van der Waals surface area contributed by atoms with Gasteiger partial charge in [0.15, 0.2) is 0 Å². The van der Waals surface area contributed by atoms with E-state index in [0.29, 0.717) is 73.0 Å². The molecule has 6 aromatic rings. The summed E-state index contributed by atoms with van der Waals surface area (Å²) in [5, 5.41) is 12.5. The Kier molecular flexibility index (Phi) is 11.6. The molecule has 1 N–H and O–H groups in total. The molecule has 55 heavy (non-hydrogen) atoms. The Bertz CT molecular complexity index is 2000. The predicted octanol–water partition coefficient (Wildman–Crippen LogP) is 6.71. The maximum Gasteiger partial charge on any atom is 0.308 e. The smallest absolute Gasteiger partial charge is 0.308 e. The summed E-state index contributed by atoms with van der Waals surface area (Å²) < 4.78 is 17.8. The highest BCUT2D eigenvalue weighted by Crippen LogP contribution is 2.49. The third kappa shape index (κ3) is 9.61. The summed E-state index contributed by atoms with van der Waals surface area (Å²) in [5.74, 6) is 0.161. The van der Waals surface area contributed by atoms with E-state index in [9.17, 15) is 14.7 Å². The summed E-state index contributed by atoms with van der Waals surface area (Å²) in [6.45, 7) is 5.22. The largest absolute Gasteiger partial charge is 0.456 e. The first-order chi connectivity index (χ1) is 26.8. The van der Waals surface area contributed by atoms with E-state index in [0.717, 1.165) is 22.8 Å². The number of fused-ring (bicyclic) bond motifs is 2. The van der Waals surface area contributed by atoms with Crippen LogP contribution in [0, 0.1) is 0 Å². The van der Waals surface area contributed by atoms with Gasteiger partial charge in [0.2, 0.25) is 0 Å². The van der Waals surface area contributed by atoms with Gasteiger partial charge in [-0.15, -0.1) is 0 Å². The van der Waals surface area contributed by atoms with Gasteiger partial charge < -0.3 is 19.3 Å². The molecule has 0 amide bonds. The van der Waals surface area contributed by atoms with Gasteiger partial charge in [0.1, 0.15) is 29.1 Å². The second-order valence-corrected chi connectivity index (χ2v) is 13.3. The maximum atomic E-state index is 12.5. The number of aliphatic hydroxyl groups is 1. The van der Waals surface area contributed by atoms with Crippen LogP contribution in [0.25, 0.3) is 0 Å². The molecule has 0 radical (unpaired) electrons. The molecule has 0 unspecified atom stereocenters. The number of ether oxygens (including phenoxy) is 3. The number of pyridine rings is 4. The van der Waals surface area contributed by atoms with Gasteiger partial charge in [-0.25, -0.2) is 0 Å². The molecule has 0 spiro atoms. The number of carbonyl (C=O) groups excluding carboxylic acids is 2. The molecular weight excluding hydrogens is 697 g/mol. The van der Waals surface area contributed by atoms with Crippen molar-refractivity contribution in [1.82, 2.24) is 29.7 Å². The summed E-state index contributed by atoms with van der Waals surface area (Å²) in [5.41, 5.74) is 5.84. The lowest BCUT2D eigenvalue weighted by Crippen LogP contribution is -2.27. The molecule has 0 aliphatic carbocycles. The SMILES string of the molecule is CC(=O)Oc1cc(CN(Cc2ccccn2)Cc2ccccn2)c2c(c1)Oc1cc(OC(C)=O)cc(CN(Cc3ccccn3)Cc3ccccn3)c1C2O. The summed E-state index contributed by atoms with van der Waals surface area (Å²) in [4.78, 5) is 47.0. The van der Waals surface area contributed by atoms with Gasteiger partial charge in [-0.3, -0.25) is 39.3 Å². The van der Waals surface area contributed by atoms with Crippen molar-refractivity contribution in [1.29, 1.82) is 0 Å². The lowest BCUT2D eigenvalue weighted by atomic mass is 9.89. The van der Waals surface area contributed by atoms with Gasteiger partial charge in [0.05, 0.1) is 22.8 Å². The van der Waals surface area contributed by atoms with Crippen molar-refractivity contribution in [3.05, 3.63) is 167 Å². The van der Waals surface area contributed by atoms with E-state index in [1.54, 1.807) is 49.1 Å². The third-order valence-electron chi connectivity index (χ3n) is 8.93. The number of rotatable bonds is 14. The van der Waals surface area contributed by atoms with Crippen LogP contribution in [0.3, 0.4) is 0 Å². The van der Waals surface area contributed by atoms with Gasteiger partial charge in [-0.1, -0.05) is 24.3 Å². The number of nitrogens with zero attached hydrogens (tertiary/aromatic N) is 6. The molecule has 1 aliphatic rings. The van der Waals surface area contributed by atoms with Crippen molar-refractivity contribution in [3.8, 4) is 23.0 Å². The van der Waals surface area contributed by atoms with Crippen molar-refractivity contribution < 1.29 is 28.9 Å². The lowest BCUT2D eigenvalue weighted by Gasteiger charge is -2.32. The van der Waals surface area contributed by atoms with E-state index in [1.165, 1.54) is 13.8 Å². The van der Waals surface area contributed by atoms with Crippen molar-refractivity contribution in [2.45, 2.75) is 59.2 Å². The molecule has 278 valence electrons. The number of benzene rings is 2. The molecule has 7 rings (SSSR count). The van der Waals surface area contributed by atoms with Gasteiger partial charge in [-0.05, 0) is 71.8 Å². The zero-order valence-electron chi connectivity index (χ0n) is 30.5. The average Bonchev–Trinajstić information content (AvgIpc) is 3.15. The standard InChI is InChI=1S/C43H40N6O6/c1-29(50)53-37-19-31(23-48(25-33-11-3-7-15-44-33)26-34-12-4-8-16-45-34)41-39(21-37)55-40-22-38(54-30(2)51)20-32(42(40)43(41)52)24-49(27-35-13-5-9-17-46-35)28-36-14-6-10-18-47-36/h3-22,43,52H,23-28H2,1-2H3. The Morgan fingerprint density at radius 1 is 0.564 bits per heavy atom. The minimum atomic E-state index is -1.17. The van der Waals surface area contributed by atoms with E-state index in [1.807, 2.05) is 72.8 Å². The first kappa shape index (κ1) is 37.0. The highest BCUT2D eigenvalue weighted by Gasteiger charge is 2.33. The number of hydrogen-bond acceptors (Lipinski definition) is 12. The van der Waals surface area contributed by atoms with Gasteiger partial charge in [-0.2, -0.15) is 0 Å². The van der Waals surface area contributed by atoms with Crippen molar-refractivity contribution in [2.24, 2.45) is 0 Å². The number of carbonyl (C=O) groups is 2. The highest BCUT2D eigenvalue weighted by molar-refractivity contribution is 5.71. The molecule has 0 atom stereocenters. The van der Waals surface area contributed by atoms with Crippen molar-refractivity contribution >= 4 is 11.9 Å². The molecule has 0 fully saturated rings. The van der Waals surface area contributed by atoms with Crippen LogP contribution in [0.2, 0.25) is 0 Å². The van der Waals surface area contributed by atoms with Gasteiger partial charge >= 0.3 is 11.9 Å². The molecule has 2 aromatic carbocycles. The maximum absolute atomic E-state index is 12.5. The van der Waals surface area contributed by atoms with Crippen LogP contribution in [-0.4, -0.2) is 46.8 Å². The van der Waals surface area contributed by atoms with Crippen LogP contribution in [0.5, 0.6) is 23.0 Å². The van der Waals surface area contributed by atoms with E-state index in [-0.39, 0.29) is 11.5 Å². The monoisotopic (exact) mass is 736 g/mol. The predicted molar refractivity (Wildman–Crippen MR) is 202 cm³/mol. The Labute approximate surface area is 319 Å². The van der Waals surface area contributed by atoms with Crippen LogP contribution >= 0.6 is 0 Å². The zero-order valence-corrected chi connectivity index (χ0v) is 30.5. The first-order valence-electron chi connectivity index (χ1n) is 17.9. The van der Waals surface area contributed by atoms with E-state index in [2.05, 4.69) is 29.7 Å². The van der Waals surface area contributed by atoms with Crippen molar-refractivity contribution in [2.75, 3.05) is 0 Å². The number of esters is 2. The zero-order chi connectivity index (χ0) is 38.1. The molecule has 0 bridgehead atoms. The molecule has 0 saturated heterocycles. The molecule has 5 heterocycles. The van der Waals surface area contributed by atoms with Crippen LogP contribution in [-0.2, 0) is 48.9 Å². The minimum Gasteiger partial charge on any atom is -0.456 e. The molecular formula is C43H40N6O6. The number of aliphatic hydroxyl groups excluding tert-OH is 1. The van der Waals surface area contributed by atoms with Crippen LogP contribution < -0.4 is 14.2 Å². The second-order valence-electron chi connectivity index (χ2n) is 13.3. The normalized spacial score (nSPS) is 12.2. The summed E-state index contributed by atoms with van der Waals surface area (Å²) in [6, 6.07) is 29.8. The Morgan fingerprint density at radius 3 is 1.20 bits per heavy atom. The number of aromatic nitrogens is 4. The fourth-order valence-corrected chi connectivity index (χ4v) is 6.78. The fourth-order valence-electron chi connectivity index (χ4n) is 6.78. The summed E-state index contributed by atoms with van der Waals surface area (Å²) in [7, 11) is 0. The van der Waals surface area contributed by atoms with E-state index < -0.39 is 18.0 Å². The van der Waals surface area contributed by atoms with Gasteiger partial charge in [0, 0.05) is 101 Å². The molecule has 4 aromatic heterocycles. The molecule has 12 nitrogen and oxygen atoms in total. The van der Waals surface area contributed by atoms with Gasteiger partial charge in [0.25, 0.3) is 0 Å². The Balaban J connectivity index is 1.31. The van der Waals surface area contributed by atoms with Crippen LogP contribution in [0.1, 0.15) is 65.0 Å². The molecule has 12 heteroatoms. The quantitative estimate of drug-likeness (QED) is 0.0939. The van der Waals surface area contributed by atoms with Crippen LogP contribution in [0.4, 0.5) is 0 Å². The topological polar surface area (TPSA) is 140 Å². The van der Waals surface area contributed by atoms with E-state index in [4.69, 9.17) is 14.2 Å². The molecule has 1 aliphatic heterocycles. The summed E-state index contributed by atoms with van der Waals surface area (Å²) in [6.07, 6.45) is 5.84.